The van der Waals surface area contributed by atoms with Crippen molar-refractivity contribution in [1.29, 1.82) is 0 Å². The van der Waals surface area contributed by atoms with Crippen molar-refractivity contribution in [3.8, 4) is 0 Å². The van der Waals surface area contributed by atoms with Crippen molar-refractivity contribution in [2.24, 2.45) is 5.73 Å². The van der Waals surface area contributed by atoms with Crippen molar-refractivity contribution in [2.75, 3.05) is 6.61 Å². The molecule has 0 unspecified atom stereocenters. The van der Waals surface area contributed by atoms with E-state index in [2.05, 4.69) is 5.73 Å². The highest BCUT2D eigenvalue weighted by atomic mass is 19.1. The maximum Gasteiger partial charge on any atom is 0.318 e. The molecule has 0 saturated carbocycles. The van der Waals surface area contributed by atoms with E-state index in [-0.39, 0.29) is 5.82 Å². The summed E-state index contributed by atoms with van der Waals surface area (Å²) in [6.07, 6.45) is 0. The largest absolute Gasteiger partial charge is 0.387 e. The standard InChI is InChI=1S/C6H5F.C3H6N2O3/c7-6-4-2-1-3-5-6;4-3(8)5-2(7)1-6/h1-5H;6H,1H2,(H3,4,5,7,8). The number of carbonyl (C=O) groups excluding carboxylic acids is 2. The molecular formula is C9H11FN2O3. The van der Waals surface area contributed by atoms with Crippen LogP contribution in [-0.4, -0.2) is 23.7 Å². The van der Waals surface area contributed by atoms with Crippen molar-refractivity contribution in [2.45, 2.75) is 0 Å². The maximum atomic E-state index is 11.9. The number of amides is 3. The summed E-state index contributed by atoms with van der Waals surface area (Å²) in [5, 5.41) is 9.61. The lowest BCUT2D eigenvalue weighted by Gasteiger charge is -1.92. The van der Waals surface area contributed by atoms with Gasteiger partial charge in [0.05, 0.1) is 0 Å². The number of hydrogen-bond donors (Lipinski definition) is 3. The predicted molar refractivity (Wildman–Crippen MR) is 51.2 cm³/mol. The summed E-state index contributed by atoms with van der Waals surface area (Å²) < 4.78 is 11.9. The number of imide groups is 1. The highest BCUT2D eigenvalue weighted by Gasteiger charge is 1.98. The Morgan fingerprint density at radius 3 is 2.07 bits per heavy atom. The van der Waals surface area contributed by atoms with Gasteiger partial charge in [-0.3, -0.25) is 10.1 Å². The first-order valence-corrected chi connectivity index (χ1v) is 3.97. The Morgan fingerprint density at radius 1 is 1.33 bits per heavy atom. The van der Waals surface area contributed by atoms with Crippen LogP contribution in [0.1, 0.15) is 0 Å². The van der Waals surface area contributed by atoms with Crippen LogP contribution in [0.25, 0.3) is 0 Å². The third-order valence-electron chi connectivity index (χ3n) is 1.14. The molecule has 82 valence electrons. The number of primary amides is 1. The predicted octanol–water partition coefficient (Wildman–Crippen LogP) is -0.000700. The number of urea groups is 1. The summed E-state index contributed by atoms with van der Waals surface area (Å²) >= 11 is 0. The molecule has 0 fully saturated rings. The molecule has 0 bridgehead atoms. The molecule has 0 aliphatic rings. The number of aliphatic hydroxyl groups is 1. The average molecular weight is 214 g/mol. The lowest BCUT2D eigenvalue weighted by Crippen LogP contribution is -2.36. The van der Waals surface area contributed by atoms with Crippen LogP contribution >= 0.6 is 0 Å². The summed E-state index contributed by atoms with van der Waals surface area (Å²) in [7, 11) is 0. The second-order valence-corrected chi connectivity index (χ2v) is 2.37. The number of carbonyl (C=O) groups is 2. The zero-order valence-corrected chi connectivity index (χ0v) is 7.81. The van der Waals surface area contributed by atoms with Gasteiger partial charge in [-0.2, -0.15) is 0 Å². The molecule has 1 aromatic rings. The Bertz CT molecular complexity index is 316. The van der Waals surface area contributed by atoms with Gasteiger partial charge >= 0.3 is 6.03 Å². The van der Waals surface area contributed by atoms with E-state index in [1.165, 1.54) is 12.1 Å². The van der Waals surface area contributed by atoms with Gasteiger partial charge in [-0.05, 0) is 12.1 Å². The number of nitrogens with one attached hydrogen (secondary N) is 1. The molecule has 0 aliphatic carbocycles. The zero-order chi connectivity index (χ0) is 11.7. The molecule has 5 nitrogen and oxygen atoms in total. The average Bonchev–Trinajstić information content (AvgIpc) is 2.19. The summed E-state index contributed by atoms with van der Waals surface area (Å²) in [6.45, 7) is -0.719. The molecule has 0 saturated heterocycles. The molecule has 3 amide bonds. The van der Waals surface area contributed by atoms with Crippen LogP contribution in [0, 0.1) is 5.82 Å². The summed E-state index contributed by atoms with van der Waals surface area (Å²) in [5.41, 5.74) is 4.49. The van der Waals surface area contributed by atoms with Gasteiger partial charge in [-0.25, -0.2) is 9.18 Å². The molecule has 0 radical (unpaired) electrons. The Hall–Kier alpha value is -1.95. The van der Waals surface area contributed by atoms with E-state index < -0.39 is 18.5 Å². The first-order chi connectivity index (χ1) is 7.06. The summed E-state index contributed by atoms with van der Waals surface area (Å²) in [4.78, 5) is 19.7. The molecule has 6 heteroatoms. The molecule has 15 heavy (non-hydrogen) atoms. The Morgan fingerprint density at radius 2 is 1.87 bits per heavy atom. The van der Waals surface area contributed by atoms with E-state index in [0.717, 1.165) is 0 Å². The van der Waals surface area contributed by atoms with Gasteiger partial charge in [-0.15, -0.1) is 0 Å². The highest BCUT2D eigenvalue weighted by Crippen LogP contribution is 1.91. The van der Waals surface area contributed by atoms with Crippen LogP contribution in [0.4, 0.5) is 9.18 Å². The molecule has 0 aromatic heterocycles. The fourth-order valence-electron chi connectivity index (χ4n) is 0.592. The summed E-state index contributed by atoms with van der Waals surface area (Å²) in [6, 6.07) is 6.98. The minimum absolute atomic E-state index is 0.178. The van der Waals surface area contributed by atoms with Crippen molar-refractivity contribution in [1.82, 2.24) is 5.32 Å². The first kappa shape index (κ1) is 13.1. The van der Waals surface area contributed by atoms with Crippen molar-refractivity contribution in [3.63, 3.8) is 0 Å². The molecule has 0 heterocycles. The van der Waals surface area contributed by atoms with Crippen LogP contribution < -0.4 is 11.1 Å². The fraction of sp³-hybridized carbons (Fsp3) is 0.111. The minimum atomic E-state index is -0.955. The van der Waals surface area contributed by atoms with Crippen LogP contribution in [-0.2, 0) is 4.79 Å². The molecule has 4 N–H and O–H groups in total. The SMILES string of the molecule is Fc1ccccc1.NC(=O)NC(=O)CO. The fourth-order valence-corrected chi connectivity index (χ4v) is 0.592. The molecule has 0 atom stereocenters. The van der Waals surface area contributed by atoms with Crippen molar-refractivity contribution >= 4 is 11.9 Å². The van der Waals surface area contributed by atoms with Gasteiger partial charge in [0.25, 0.3) is 5.91 Å². The van der Waals surface area contributed by atoms with Crippen molar-refractivity contribution < 1.29 is 19.1 Å². The monoisotopic (exact) mass is 214 g/mol. The Balaban J connectivity index is 0.000000262. The number of nitrogens with two attached hydrogens (primary N) is 1. The summed E-state index contributed by atoms with van der Waals surface area (Å²) in [5.74, 6) is -0.972. The van der Waals surface area contributed by atoms with E-state index in [4.69, 9.17) is 5.11 Å². The highest BCUT2D eigenvalue weighted by molar-refractivity contribution is 5.93. The molecular weight excluding hydrogens is 203 g/mol. The number of halogens is 1. The van der Waals surface area contributed by atoms with E-state index in [1.54, 1.807) is 23.5 Å². The van der Waals surface area contributed by atoms with E-state index >= 15 is 0 Å². The van der Waals surface area contributed by atoms with Gasteiger partial charge in [-0.1, -0.05) is 18.2 Å². The normalized spacial score (nSPS) is 8.40. The Kier molecular flexibility index (Phi) is 6.48. The number of hydrogen-bond acceptors (Lipinski definition) is 3. The smallest absolute Gasteiger partial charge is 0.318 e. The van der Waals surface area contributed by atoms with E-state index in [9.17, 15) is 14.0 Å². The van der Waals surface area contributed by atoms with Gasteiger partial charge in [0.2, 0.25) is 0 Å². The van der Waals surface area contributed by atoms with E-state index in [0.29, 0.717) is 0 Å². The molecule has 0 spiro atoms. The third-order valence-corrected chi connectivity index (χ3v) is 1.14. The lowest BCUT2D eigenvalue weighted by atomic mass is 10.4. The number of rotatable bonds is 1. The second-order valence-electron chi connectivity index (χ2n) is 2.37. The van der Waals surface area contributed by atoms with Gasteiger partial charge in [0.1, 0.15) is 12.4 Å². The Labute approximate surface area is 85.7 Å². The maximum absolute atomic E-state index is 11.9. The third kappa shape index (κ3) is 8.38. The van der Waals surface area contributed by atoms with Crippen LogP contribution in [0.15, 0.2) is 30.3 Å². The molecule has 1 aromatic carbocycles. The van der Waals surface area contributed by atoms with Crippen LogP contribution in [0.3, 0.4) is 0 Å². The van der Waals surface area contributed by atoms with Gasteiger partial charge < -0.3 is 10.8 Å². The minimum Gasteiger partial charge on any atom is -0.387 e. The second kappa shape index (κ2) is 7.45. The zero-order valence-electron chi connectivity index (χ0n) is 7.81. The lowest BCUT2D eigenvalue weighted by molar-refractivity contribution is -0.122. The number of benzene rings is 1. The quantitative estimate of drug-likeness (QED) is 0.614. The van der Waals surface area contributed by atoms with Gasteiger partial charge in [0, 0.05) is 0 Å². The first-order valence-electron chi connectivity index (χ1n) is 3.97. The van der Waals surface area contributed by atoms with Gasteiger partial charge in [0.15, 0.2) is 0 Å². The van der Waals surface area contributed by atoms with E-state index in [1.807, 2.05) is 0 Å². The molecule has 0 aliphatic heterocycles. The van der Waals surface area contributed by atoms with Crippen molar-refractivity contribution in [3.05, 3.63) is 36.1 Å². The topological polar surface area (TPSA) is 92.4 Å². The van der Waals surface area contributed by atoms with Crippen LogP contribution in [0.5, 0.6) is 0 Å². The number of aliphatic hydroxyl groups excluding tert-OH is 1. The molecule has 1 rings (SSSR count). The van der Waals surface area contributed by atoms with Crippen LogP contribution in [0.2, 0.25) is 0 Å².